The highest BCUT2D eigenvalue weighted by Gasteiger charge is 2.06. The topological polar surface area (TPSA) is 55.8 Å². The van der Waals surface area contributed by atoms with Crippen LogP contribution in [0.2, 0.25) is 0 Å². The zero-order valence-electron chi connectivity index (χ0n) is 10.0. The Bertz CT molecular complexity index is 349. The van der Waals surface area contributed by atoms with Crippen LogP contribution in [0.3, 0.4) is 0 Å². The average Bonchev–Trinajstić information content (AvgIpc) is 2.30. The minimum absolute atomic E-state index is 0.388. The van der Waals surface area contributed by atoms with Crippen LogP contribution in [-0.4, -0.2) is 24.5 Å². The van der Waals surface area contributed by atoms with E-state index in [4.69, 9.17) is 9.84 Å². The summed E-state index contributed by atoms with van der Waals surface area (Å²) in [4.78, 5) is 10.5. The van der Waals surface area contributed by atoms with Gasteiger partial charge in [0.15, 0.2) is 0 Å². The monoisotopic (exact) mass is 238 g/mol. The second-order valence-electron chi connectivity index (χ2n) is 3.69. The zero-order chi connectivity index (χ0) is 12.5. The van der Waals surface area contributed by atoms with Crippen molar-refractivity contribution in [2.45, 2.75) is 26.2 Å². The van der Waals surface area contributed by atoms with Gasteiger partial charge in [0.1, 0.15) is 5.75 Å². The molecule has 0 saturated carbocycles. The lowest BCUT2D eigenvalue weighted by molar-refractivity contribution is 0.131. The van der Waals surface area contributed by atoms with Gasteiger partial charge in [-0.1, -0.05) is 31.5 Å². The van der Waals surface area contributed by atoms with E-state index < -0.39 is 6.16 Å². The Morgan fingerprint density at radius 3 is 2.76 bits per heavy atom. The van der Waals surface area contributed by atoms with Gasteiger partial charge in [-0.3, -0.25) is 0 Å². The number of rotatable bonds is 7. The van der Waals surface area contributed by atoms with Crippen LogP contribution in [0.25, 0.3) is 0 Å². The predicted octanol–water partition coefficient (Wildman–Crippen LogP) is 3.10. The van der Waals surface area contributed by atoms with Crippen molar-refractivity contribution in [3.05, 3.63) is 29.8 Å². The Balaban J connectivity index is 2.43. The van der Waals surface area contributed by atoms with Crippen molar-refractivity contribution >= 4 is 6.16 Å². The van der Waals surface area contributed by atoms with Gasteiger partial charge >= 0.3 is 6.16 Å². The van der Waals surface area contributed by atoms with E-state index in [0.29, 0.717) is 18.8 Å². The summed E-state index contributed by atoms with van der Waals surface area (Å²) in [7, 11) is 0. The molecule has 0 saturated heterocycles. The van der Waals surface area contributed by atoms with Crippen LogP contribution >= 0.6 is 0 Å². The molecule has 0 amide bonds. The first-order chi connectivity index (χ1) is 8.24. The van der Waals surface area contributed by atoms with E-state index in [2.05, 4.69) is 11.7 Å². The Hall–Kier alpha value is -1.55. The van der Waals surface area contributed by atoms with Crippen molar-refractivity contribution in [1.82, 2.24) is 0 Å². The molecule has 0 radical (unpaired) electrons. The summed E-state index contributed by atoms with van der Waals surface area (Å²) in [6, 6.07) is 7.10. The van der Waals surface area contributed by atoms with Crippen molar-refractivity contribution in [1.29, 1.82) is 0 Å². The first-order valence-electron chi connectivity index (χ1n) is 5.80. The highest BCUT2D eigenvalue weighted by Crippen LogP contribution is 2.18. The second-order valence-corrected chi connectivity index (χ2v) is 3.69. The van der Waals surface area contributed by atoms with Crippen LogP contribution < -0.4 is 4.74 Å². The summed E-state index contributed by atoms with van der Waals surface area (Å²) < 4.78 is 10.1. The van der Waals surface area contributed by atoms with Gasteiger partial charge in [0, 0.05) is 6.61 Å². The molecule has 0 aliphatic heterocycles. The van der Waals surface area contributed by atoms with Crippen molar-refractivity contribution in [2.75, 3.05) is 13.2 Å². The van der Waals surface area contributed by atoms with Gasteiger partial charge in [-0.25, -0.2) is 4.79 Å². The molecule has 0 heterocycles. The normalized spacial score (nSPS) is 10.2. The minimum atomic E-state index is -1.29. The van der Waals surface area contributed by atoms with E-state index in [1.165, 1.54) is 0 Å². The Morgan fingerprint density at radius 2 is 2.06 bits per heavy atom. The Kier molecular flexibility index (Phi) is 6.10. The van der Waals surface area contributed by atoms with Gasteiger partial charge in [-0.15, -0.1) is 0 Å². The number of para-hydroxylation sites is 1. The standard InChI is InChI=1S/C13H18O4/c1-2-3-9-16-10-8-11-6-4-5-7-12(11)17-13(14)15/h4-7H,2-3,8-10H2,1H3,(H,14,15). The zero-order valence-corrected chi connectivity index (χ0v) is 10.0. The van der Waals surface area contributed by atoms with Crippen LogP contribution in [0.1, 0.15) is 25.3 Å². The molecule has 0 aliphatic rings. The molecule has 0 atom stereocenters. The minimum Gasteiger partial charge on any atom is -0.449 e. The molecule has 4 heteroatoms. The summed E-state index contributed by atoms with van der Waals surface area (Å²) in [5, 5.41) is 8.58. The van der Waals surface area contributed by atoms with E-state index >= 15 is 0 Å². The van der Waals surface area contributed by atoms with E-state index in [1.807, 2.05) is 12.1 Å². The van der Waals surface area contributed by atoms with Crippen LogP contribution in [0.15, 0.2) is 24.3 Å². The third kappa shape index (κ3) is 5.36. The van der Waals surface area contributed by atoms with Crippen LogP contribution in [0.4, 0.5) is 4.79 Å². The molecule has 1 N–H and O–H groups in total. The van der Waals surface area contributed by atoms with Gasteiger partial charge in [-0.05, 0) is 24.5 Å². The lowest BCUT2D eigenvalue weighted by atomic mass is 10.1. The SMILES string of the molecule is CCCCOCCc1ccccc1OC(=O)O. The molecule has 0 spiro atoms. The van der Waals surface area contributed by atoms with Gasteiger partial charge in [0.05, 0.1) is 6.61 Å². The number of benzene rings is 1. The van der Waals surface area contributed by atoms with Crippen molar-refractivity contribution in [3.8, 4) is 5.75 Å². The highest BCUT2D eigenvalue weighted by molar-refractivity contribution is 5.62. The average molecular weight is 238 g/mol. The summed E-state index contributed by atoms with van der Waals surface area (Å²) in [6.45, 7) is 3.44. The first kappa shape index (κ1) is 13.5. The molecular weight excluding hydrogens is 220 g/mol. The molecule has 0 unspecified atom stereocenters. The predicted molar refractivity (Wildman–Crippen MR) is 64.5 cm³/mol. The molecule has 17 heavy (non-hydrogen) atoms. The molecule has 1 aromatic carbocycles. The van der Waals surface area contributed by atoms with Crippen LogP contribution in [-0.2, 0) is 11.2 Å². The van der Waals surface area contributed by atoms with Crippen molar-refractivity contribution in [2.24, 2.45) is 0 Å². The molecular formula is C13H18O4. The second kappa shape index (κ2) is 7.68. The third-order valence-corrected chi connectivity index (χ3v) is 2.33. The Labute approximate surface area is 101 Å². The molecule has 0 aliphatic carbocycles. The molecule has 0 bridgehead atoms. The first-order valence-corrected chi connectivity index (χ1v) is 5.80. The highest BCUT2D eigenvalue weighted by atomic mass is 16.7. The summed E-state index contributed by atoms with van der Waals surface area (Å²) >= 11 is 0. The van der Waals surface area contributed by atoms with E-state index in [9.17, 15) is 4.79 Å². The number of carboxylic acid groups (broad SMARTS) is 1. The van der Waals surface area contributed by atoms with Gasteiger partial charge in [-0.2, -0.15) is 0 Å². The molecule has 4 nitrogen and oxygen atoms in total. The molecule has 0 aromatic heterocycles. The number of ether oxygens (including phenoxy) is 2. The van der Waals surface area contributed by atoms with Gasteiger partial charge < -0.3 is 14.6 Å². The maximum absolute atomic E-state index is 10.5. The molecule has 94 valence electrons. The van der Waals surface area contributed by atoms with E-state index in [1.54, 1.807) is 12.1 Å². The molecule has 0 fully saturated rings. The van der Waals surface area contributed by atoms with E-state index in [0.717, 1.165) is 25.0 Å². The fourth-order valence-electron chi connectivity index (χ4n) is 1.43. The summed E-state index contributed by atoms with van der Waals surface area (Å²) in [6.07, 6.45) is 1.53. The largest absolute Gasteiger partial charge is 0.511 e. The smallest absolute Gasteiger partial charge is 0.449 e. The van der Waals surface area contributed by atoms with Crippen LogP contribution in [0.5, 0.6) is 5.75 Å². The van der Waals surface area contributed by atoms with Gasteiger partial charge in [0.2, 0.25) is 0 Å². The summed E-state index contributed by atoms with van der Waals surface area (Å²) in [5.74, 6) is 0.388. The number of unbranched alkanes of at least 4 members (excludes halogenated alkanes) is 1. The lowest BCUT2D eigenvalue weighted by Crippen LogP contribution is -2.07. The van der Waals surface area contributed by atoms with Crippen LogP contribution in [0, 0.1) is 0 Å². The maximum Gasteiger partial charge on any atom is 0.511 e. The van der Waals surface area contributed by atoms with Crippen molar-refractivity contribution < 1.29 is 19.4 Å². The Morgan fingerprint density at radius 1 is 1.29 bits per heavy atom. The lowest BCUT2D eigenvalue weighted by Gasteiger charge is -2.08. The van der Waals surface area contributed by atoms with Gasteiger partial charge in [0.25, 0.3) is 0 Å². The number of hydrogen-bond donors (Lipinski definition) is 1. The quantitative estimate of drug-likeness (QED) is 0.450. The molecule has 1 aromatic rings. The fraction of sp³-hybridized carbons (Fsp3) is 0.462. The number of hydrogen-bond acceptors (Lipinski definition) is 3. The molecule has 1 rings (SSSR count). The maximum atomic E-state index is 10.5. The third-order valence-electron chi connectivity index (χ3n) is 2.33. The fourth-order valence-corrected chi connectivity index (χ4v) is 1.43. The van der Waals surface area contributed by atoms with Crippen molar-refractivity contribution in [3.63, 3.8) is 0 Å². The van der Waals surface area contributed by atoms with E-state index in [-0.39, 0.29) is 0 Å². The summed E-state index contributed by atoms with van der Waals surface area (Å²) in [5.41, 5.74) is 0.853. The number of carbonyl (C=O) groups is 1.